The summed E-state index contributed by atoms with van der Waals surface area (Å²) in [4.78, 5) is 9.49. The van der Waals surface area contributed by atoms with Gasteiger partial charge in [0.1, 0.15) is 4.90 Å². The molecule has 0 atom stereocenters. The molecule has 1 aromatic rings. The van der Waals surface area contributed by atoms with Gasteiger partial charge in [0.2, 0.25) is 15.3 Å². The third-order valence-corrected chi connectivity index (χ3v) is 4.84. The second-order valence-electron chi connectivity index (χ2n) is 4.74. The highest BCUT2D eigenvalue weighted by molar-refractivity contribution is 7.89. The largest absolute Gasteiger partial charge is 0.383 e. The maximum absolute atomic E-state index is 12.6. The fraction of sp³-hybridized carbons (Fsp3) is 0.667. The summed E-state index contributed by atoms with van der Waals surface area (Å²) < 4.78 is 31.5. The van der Waals surface area contributed by atoms with E-state index in [1.807, 2.05) is 19.0 Å². The van der Waals surface area contributed by atoms with Crippen LogP contribution in [0.2, 0.25) is 5.28 Å². The van der Waals surface area contributed by atoms with Gasteiger partial charge in [0, 0.05) is 20.2 Å². The summed E-state index contributed by atoms with van der Waals surface area (Å²) in [5.74, 6) is 0. The first-order chi connectivity index (χ1) is 9.87. The normalized spacial score (nSPS) is 12.3. The lowest BCUT2D eigenvalue weighted by molar-refractivity contribution is 0.177. The first-order valence-electron chi connectivity index (χ1n) is 6.49. The third kappa shape index (κ3) is 5.84. The number of hydrogen-bond donors (Lipinski definition) is 0. The molecule has 0 bridgehead atoms. The highest BCUT2D eigenvalue weighted by Crippen LogP contribution is 2.15. The predicted molar refractivity (Wildman–Crippen MR) is 80.8 cm³/mol. The minimum absolute atomic E-state index is 0.0185. The van der Waals surface area contributed by atoms with Crippen LogP contribution in [0.4, 0.5) is 0 Å². The molecule has 0 unspecified atom stereocenters. The van der Waals surface area contributed by atoms with Crippen molar-refractivity contribution < 1.29 is 13.2 Å². The fourth-order valence-electron chi connectivity index (χ4n) is 1.69. The lowest BCUT2D eigenvalue weighted by atomic mass is 10.4. The number of sulfonamides is 1. The van der Waals surface area contributed by atoms with Gasteiger partial charge in [0.15, 0.2) is 0 Å². The van der Waals surface area contributed by atoms with E-state index in [0.717, 1.165) is 13.0 Å². The highest BCUT2D eigenvalue weighted by Gasteiger charge is 2.24. The smallest absolute Gasteiger partial charge is 0.246 e. The molecule has 1 rings (SSSR count). The molecular formula is C12H21ClN4O3S. The molecule has 0 aromatic carbocycles. The van der Waals surface area contributed by atoms with E-state index in [1.54, 1.807) is 0 Å². The fourth-order valence-corrected chi connectivity index (χ4v) is 3.14. The summed E-state index contributed by atoms with van der Waals surface area (Å²) in [6.45, 7) is 1.83. The van der Waals surface area contributed by atoms with E-state index in [0.29, 0.717) is 13.2 Å². The molecule has 0 saturated heterocycles. The molecule has 0 aliphatic heterocycles. The van der Waals surface area contributed by atoms with Gasteiger partial charge in [0.25, 0.3) is 0 Å². The van der Waals surface area contributed by atoms with Crippen molar-refractivity contribution in [2.75, 3.05) is 47.4 Å². The lowest BCUT2D eigenvalue weighted by Gasteiger charge is -2.22. The molecule has 0 aliphatic rings. The molecule has 1 heterocycles. The summed E-state index contributed by atoms with van der Waals surface area (Å²) >= 11 is 5.59. The van der Waals surface area contributed by atoms with Crippen LogP contribution in [-0.2, 0) is 14.8 Å². The quantitative estimate of drug-likeness (QED) is 0.618. The van der Waals surface area contributed by atoms with Gasteiger partial charge in [-0.25, -0.2) is 18.4 Å². The standard InChI is InChI=1S/C12H21ClN4O3S/c1-16(2)5-4-6-17(7-8-20-3)21(18,19)11-9-14-12(13)15-10-11/h9-10H,4-8H2,1-3H3. The monoisotopic (exact) mass is 336 g/mol. The van der Waals surface area contributed by atoms with Crippen LogP contribution in [0, 0.1) is 0 Å². The molecule has 0 radical (unpaired) electrons. The number of rotatable bonds is 9. The van der Waals surface area contributed by atoms with Crippen LogP contribution >= 0.6 is 11.6 Å². The van der Waals surface area contributed by atoms with Crippen LogP contribution < -0.4 is 0 Å². The average Bonchev–Trinajstić information content (AvgIpc) is 2.42. The molecule has 0 fully saturated rings. The number of ether oxygens (including phenoxy) is 1. The van der Waals surface area contributed by atoms with Crippen LogP contribution in [-0.4, -0.2) is 75.0 Å². The Bertz CT molecular complexity index is 522. The van der Waals surface area contributed by atoms with Crippen molar-refractivity contribution in [1.82, 2.24) is 19.2 Å². The Morgan fingerprint density at radius 3 is 2.33 bits per heavy atom. The Morgan fingerprint density at radius 1 is 1.19 bits per heavy atom. The molecule has 0 saturated carbocycles. The van der Waals surface area contributed by atoms with Gasteiger partial charge in [-0.2, -0.15) is 4.31 Å². The van der Waals surface area contributed by atoms with Crippen LogP contribution in [0.25, 0.3) is 0 Å². The maximum atomic E-state index is 12.6. The molecule has 0 aliphatic carbocycles. The predicted octanol–water partition coefficient (Wildman–Crippen LogP) is 0.719. The van der Waals surface area contributed by atoms with Gasteiger partial charge in [0.05, 0.1) is 19.0 Å². The molecule has 21 heavy (non-hydrogen) atoms. The summed E-state index contributed by atoms with van der Waals surface area (Å²) in [5, 5.41) is 0.0185. The van der Waals surface area contributed by atoms with Gasteiger partial charge >= 0.3 is 0 Å². The van der Waals surface area contributed by atoms with Crippen molar-refractivity contribution in [3.05, 3.63) is 17.7 Å². The Labute approximate surface area is 130 Å². The van der Waals surface area contributed by atoms with Crippen molar-refractivity contribution >= 4 is 21.6 Å². The Balaban J connectivity index is 2.86. The number of nitrogens with zero attached hydrogens (tertiary/aromatic N) is 4. The number of halogens is 1. The van der Waals surface area contributed by atoms with Crippen LogP contribution in [0.1, 0.15) is 6.42 Å². The topological polar surface area (TPSA) is 75.6 Å². The van der Waals surface area contributed by atoms with Gasteiger partial charge in [-0.1, -0.05) is 0 Å². The van der Waals surface area contributed by atoms with Crippen molar-refractivity contribution in [3.8, 4) is 0 Å². The Kier molecular flexibility index (Phi) is 7.47. The first kappa shape index (κ1) is 18.2. The summed E-state index contributed by atoms with van der Waals surface area (Å²) in [6, 6.07) is 0. The number of aromatic nitrogens is 2. The molecule has 0 N–H and O–H groups in total. The molecular weight excluding hydrogens is 316 g/mol. The van der Waals surface area contributed by atoms with E-state index in [2.05, 4.69) is 9.97 Å². The summed E-state index contributed by atoms with van der Waals surface area (Å²) in [5.41, 5.74) is 0. The number of methoxy groups -OCH3 is 1. The minimum atomic E-state index is -3.64. The number of hydrogen-bond acceptors (Lipinski definition) is 6. The molecule has 0 amide bonds. The maximum Gasteiger partial charge on any atom is 0.246 e. The lowest BCUT2D eigenvalue weighted by Crippen LogP contribution is -2.36. The van der Waals surface area contributed by atoms with Gasteiger partial charge in [-0.05, 0) is 38.7 Å². The van der Waals surface area contributed by atoms with E-state index in [1.165, 1.54) is 23.8 Å². The molecule has 7 nitrogen and oxygen atoms in total. The Hall–Kier alpha value is -0.800. The van der Waals surface area contributed by atoms with Crippen molar-refractivity contribution in [3.63, 3.8) is 0 Å². The van der Waals surface area contributed by atoms with Crippen molar-refractivity contribution in [2.24, 2.45) is 0 Å². The van der Waals surface area contributed by atoms with E-state index < -0.39 is 10.0 Å². The first-order valence-corrected chi connectivity index (χ1v) is 8.31. The third-order valence-electron chi connectivity index (χ3n) is 2.79. The van der Waals surface area contributed by atoms with Crippen molar-refractivity contribution in [2.45, 2.75) is 11.3 Å². The highest BCUT2D eigenvalue weighted by atomic mass is 35.5. The van der Waals surface area contributed by atoms with Gasteiger partial charge in [-0.3, -0.25) is 0 Å². The summed E-state index contributed by atoms with van der Waals surface area (Å²) in [6.07, 6.45) is 3.16. The van der Waals surface area contributed by atoms with E-state index in [9.17, 15) is 8.42 Å². The zero-order chi connectivity index (χ0) is 15.9. The second-order valence-corrected chi connectivity index (χ2v) is 7.02. The molecule has 1 aromatic heterocycles. The van der Waals surface area contributed by atoms with Crippen molar-refractivity contribution in [1.29, 1.82) is 0 Å². The minimum Gasteiger partial charge on any atom is -0.383 e. The summed E-state index contributed by atoms with van der Waals surface area (Å²) in [7, 11) is 1.79. The van der Waals surface area contributed by atoms with E-state index in [4.69, 9.17) is 16.3 Å². The second kappa shape index (κ2) is 8.60. The average molecular weight is 337 g/mol. The van der Waals surface area contributed by atoms with Crippen LogP contribution in [0.5, 0.6) is 0 Å². The SMILES string of the molecule is COCCN(CCCN(C)C)S(=O)(=O)c1cnc(Cl)nc1. The van der Waals surface area contributed by atoms with E-state index >= 15 is 0 Å². The Morgan fingerprint density at radius 2 is 1.81 bits per heavy atom. The van der Waals surface area contributed by atoms with E-state index in [-0.39, 0.29) is 16.7 Å². The van der Waals surface area contributed by atoms with Crippen LogP contribution in [0.15, 0.2) is 17.3 Å². The van der Waals surface area contributed by atoms with Crippen LogP contribution in [0.3, 0.4) is 0 Å². The molecule has 120 valence electrons. The molecule has 9 heteroatoms. The molecule has 0 spiro atoms. The zero-order valence-electron chi connectivity index (χ0n) is 12.5. The van der Waals surface area contributed by atoms with Gasteiger partial charge in [-0.15, -0.1) is 0 Å². The van der Waals surface area contributed by atoms with Gasteiger partial charge < -0.3 is 9.64 Å². The zero-order valence-corrected chi connectivity index (χ0v) is 14.1.